The van der Waals surface area contributed by atoms with Crippen LogP contribution in [0.25, 0.3) is 11.3 Å². The molecule has 0 aliphatic rings. The molecule has 0 saturated carbocycles. The van der Waals surface area contributed by atoms with Crippen molar-refractivity contribution in [2.24, 2.45) is 0 Å². The van der Waals surface area contributed by atoms with E-state index in [2.05, 4.69) is 31.3 Å². The number of allylic oxidation sites excluding steroid dienone is 1. The van der Waals surface area contributed by atoms with Gasteiger partial charge in [-0.25, -0.2) is 9.67 Å². The van der Waals surface area contributed by atoms with Gasteiger partial charge in [-0.1, -0.05) is 46.3 Å². The lowest BCUT2D eigenvalue weighted by molar-refractivity contribution is -0.112. The highest BCUT2D eigenvalue weighted by molar-refractivity contribution is 9.10. The summed E-state index contributed by atoms with van der Waals surface area (Å²) < 4.78 is 42.2. The summed E-state index contributed by atoms with van der Waals surface area (Å²) in [5, 5.41) is 6.45. The fraction of sp³-hybridized carbons (Fsp3) is 0.0556. The van der Waals surface area contributed by atoms with E-state index < -0.39 is 17.7 Å². The largest absolute Gasteiger partial charge is 0.417 e. The lowest BCUT2D eigenvalue weighted by atomic mass is 10.1. The van der Waals surface area contributed by atoms with E-state index in [1.807, 2.05) is 0 Å². The number of carbonyl (C=O) groups excluding carboxylic acids is 1. The Bertz CT molecular complexity index is 970. The fourth-order valence-electron chi connectivity index (χ4n) is 2.39. The smallest absolute Gasteiger partial charge is 0.321 e. The van der Waals surface area contributed by atoms with Gasteiger partial charge in [0.1, 0.15) is 12.7 Å². The molecule has 0 bridgehead atoms. The van der Waals surface area contributed by atoms with Crippen molar-refractivity contribution in [2.45, 2.75) is 6.18 Å². The van der Waals surface area contributed by atoms with Crippen molar-refractivity contribution in [1.82, 2.24) is 14.8 Å². The summed E-state index contributed by atoms with van der Waals surface area (Å²) in [5.41, 5.74) is -0.375. The Hall–Kier alpha value is -2.94. The van der Waals surface area contributed by atoms with Gasteiger partial charge in [-0.15, -0.1) is 0 Å². The number of hydrogen-bond donors (Lipinski definition) is 1. The number of carbonyl (C=O) groups is 1. The molecule has 0 unspecified atom stereocenters. The second-order valence-corrected chi connectivity index (χ2v) is 6.33. The SMILES string of the molecule is O=C(/C=C(\c1ccccc1)C(F)(F)F)Nc1cc(Br)ccc1-n1cncn1. The first-order chi connectivity index (χ1) is 12.8. The molecule has 2 aromatic carbocycles. The zero-order valence-electron chi connectivity index (χ0n) is 13.6. The van der Waals surface area contributed by atoms with Gasteiger partial charge in [0.2, 0.25) is 5.91 Å². The minimum Gasteiger partial charge on any atom is -0.321 e. The number of amides is 1. The second kappa shape index (κ2) is 7.75. The van der Waals surface area contributed by atoms with Crippen molar-refractivity contribution in [1.29, 1.82) is 0 Å². The van der Waals surface area contributed by atoms with Gasteiger partial charge >= 0.3 is 6.18 Å². The third kappa shape index (κ3) is 4.62. The van der Waals surface area contributed by atoms with Gasteiger partial charge in [-0.3, -0.25) is 4.79 Å². The lowest BCUT2D eigenvalue weighted by Gasteiger charge is -2.13. The standard InChI is InChI=1S/C18H12BrF3N4O/c19-13-6-7-16(26-11-23-10-24-26)15(8-13)25-17(27)9-14(18(20,21)22)12-4-2-1-3-5-12/h1-11H,(H,25,27)/b14-9+. The maximum atomic E-state index is 13.4. The highest BCUT2D eigenvalue weighted by Crippen LogP contribution is 2.34. The first kappa shape index (κ1) is 18.8. The molecular formula is C18H12BrF3N4O. The summed E-state index contributed by atoms with van der Waals surface area (Å²) >= 11 is 3.28. The van der Waals surface area contributed by atoms with Gasteiger partial charge in [0.25, 0.3) is 0 Å². The van der Waals surface area contributed by atoms with Crippen LogP contribution in [0.3, 0.4) is 0 Å². The molecule has 0 aliphatic carbocycles. The monoisotopic (exact) mass is 436 g/mol. The van der Waals surface area contributed by atoms with Crippen LogP contribution in [-0.4, -0.2) is 26.8 Å². The summed E-state index contributed by atoms with van der Waals surface area (Å²) in [4.78, 5) is 16.2. The van der Waals surface area contributed by atoms with Crippen LogP contribution in [0.2, 0.25) is 0 Å². The first-order valence-electron chi connectivity index (χ1n) is 7.64. The molecule has 1 aromatic heterocycles. The molecule has 0 radical (unpaired) electrons. The van der Waals surface area contributed by atoms with Crippen LogP contribution in [0, 0.1) is 0 Å². The van der Waals surface area contributed by atoms with Crippen molar-refractivity contribution in [2.75, 3.05) is 5.32 Å². The van der Waals surface area contributed by atoms with Crippen LogP contribution in [0.5, 0.6) is 0 Å². The number of nitrogens with zero attached hydrogens (tertiary/aromatic N) is 3. The van der Waals surface area contributed by atoms with E-state index in [0.29, 0.717) is 16.2 Å². The number of nitrogens with one attached hydrogen (secondary N) is 1. The first-order valence-corrected chi connectivity index (χ1v) is 8.44. The Kier molecular flexibility index (Phi) is 5.41. The molecule has 27 heavy (non-hydrogen) atoms. The minimum absolute atomic E-state index is 0.0918. The third-order valence-corrected chi connectivity index (χ3v) is 4.04. The van der Waals surface area contributed by atoms with Gasteiger partial charge in [0.05, 0.1) is 16.9 Å². The van der Waals surface area contributed by atoms with Crippen molar-refractivity contribution in [3.63, 3.8) is 0 Å². The predicted molar refractivity (Wildman–Crippen MR) is 98.2 cm³/mol. The normalized spacial score (nSPS) is 12.1. The molecule has 138 valence electrons. The molecule has 0 atom stereocenters. The molecule has 9 heteroatoms. The molecule has 3 rings (SSSR count). The summed E-state index contributed by atoms with van der Waals surface area (Å²) in [6.45, 7) is 0. The Morgan fingerprint density at radius 1 is 1.15 bits per heavy atom. The molecule has 0 fully saturated rings. The van der Waals surface area contributed by atoms with Crippen LogP contribution < -0.4 is 5.32 Å². The molecule has 5 nitrogen and oxygen atoms in total. The summed E-state index contributed by atoms with van der Waals surface area (Å²) in [7, 11) is 0. The Balaban J connectivity index is 1.95. The summed E-state index contributed by atoms with van der Waals surface area (Å²) in [5.74, 6) is -0.911. The molecule has 1 amide bonds. The van der Waals surface area contributed by atoms with Crippen LogP contribution >= 0.6 is 15.9 Å². The number of alkyl halides is 3. The molecule has 1 heterocycles. The van der Waals surface area contributed by atoms with Gasteiger partial charge < -0.3 is 5.32 Å². The second-order valence-electron chi connectivity index (χ2n) is 5.41. The summed E-state index contributed by atoms with van der Waals surface area (Å²) in [6, 6.07) is 12.1. The van der Waals surface area contributed by atoms with Gasteiger partial charge in [0.15, 0.2) is 0 Å². The highest BCUT2D eigenvalue weighted by atomic mass is 79.9. The van der Waals surface area contributed by atoms with Crippen LogP contribution in [-0.2, 0) is 4.79 Å². The summed E-state index contributed by atoms with van der Waals surface area (Å²) in [6.07, 6.45) is -1.41. The number of rotatable bonds is 4. The predicted octanol–water partition coefficient (Wildman–Crippen LogP) is 4.61. The minimum atomic E-state index is -4.68. The van der Waals surface area contributed by atoms with E-state index in [4.69, 9.17) is 0 Å². The maximum Gasteiger partial charge on any atom is 0.417 e. The zero-order valence-corrected chi connectivity index (χ0v) is 15.2. The van der Waals surface area contributed by atoms with Crippen molar-refractivity contribution in [3.8, 4) is 5.69 Å². The Labute approximate surface area is 160 Å². The van der Waals surface area contributed by atoms with Gasteiger partial charge in [-0.2, -0.15) is 18.3 Å². The molecule has 3 aromatic rings. The average molecular weight is 437 g/mol. The topological polar surface area (TPSA) is 59.8 Å². The van der Waals surface area contributed by atoms with Crippen molar-refractivity contribution in [3.05, 3.63) is 77.3 Å². The molecule has 0 aliphatic heterocycles. The van der Waals surface area contributed by atoms with Crippen LogP contribution in [0.4, 0.5) is 18.9 Å². The maximum absolute atomic E-state index is 13.4. The van der Waals surface area contributed by atoms with Crippen molar-refractivity contribution >= 4 is 33.1 Å². The number of halogens is 4. The third-order valence-electron chi connectivity index (χ3n) is 3.55. The lowest BCUT2D eigenvalue weighted by Crippen LogP contribution is -2.17. The van der Waals surface area contributed by atoms with E-state index >= 15 is 0 Å². The van der Waals surface area contributed by atoms with Crippen LogP contribution in [0.1, 0.15) is 5.56 Å². The van der Waals surface area contributed by atoms with Crippen LogP contribution in [0.15, 0.2) is 71.7 Å². The average Bonchev–Trinajstić information content (AvgIpc) is 3.14. The number of hydrogen-bond acceptors (Lipinski definition) is 3. The van der Waals surface area contributed by atoms with E-state index in [-0.39, 0.29) is 11.3 Å². The molecule has 0 spiro atoms. The van der Waals surface area contributed by atoms with Gasteiger partial charge in [-0.05, 0) is 23.8 Å². The highest BCUT2D eigenvalue weighted by Gasteiger charge is 2.35. The zero-order chi connectivity index (χ0) is 19.4. The molecule has 0 saturated heterocycles. The fourth-order valence-corrected chi connectivity index (χ4v) is 2.75. The van der Waals surface area contributed by atoms with Crippen molar-refractivity contribution < 1.29 is 18.0 Å². The number of anilines is 1. The van der Waals surface area contributed by atoms with E-state index in [1.165, 1.54) is 41.6 Å². The number of benzene rings is 2. The van der Waals surface area contributed by atoms with E-state index in [0.717, 1.165) is 0 Å². The van der Waals surface area contributed by atoms with E-state index in [1.54, 1.807) is 24.3 Å². The van der Waals surface area contributed by atoms with E-state index in [9.17, 15) is 18.0 Å². The quantitative estimate of drug-likeness (QED) is 0.607. The molecular weight excluding hydrogens is 425 g/mol. The Morgan fingerprint density at radius 3 is 2.52 bits per heavy atom. The Morgan fingerprint density at radius 2 is 1.89 bits per heavy atom. The number of aromatic nitrogens is 3. The van der Waals surface area contributed by atoms with Gasteiger partial charge in [0, 0.05) is 10.5 Å². The molecule has 1 N–H and O–H groups in total.